The molecule has 0 spiro atoms. The number of anilines is 1. The lowest BCUT2D eigenvalue weighted by molar-refractivity contribution is -0.129. The molecule has 0 aromatic heterocycles. The number of aryl methyl sites for hydroxylation is 1. The van der Waals surface area contributed by atoms with Crippen LogP contribution in [0, 0.1) is 6.92 Å². The minimum Gasteiger partial charge on any atom is -0.495 e. The lowest BCUT2D eigenvalue weighted by Gasteiger charge is -2.16. The number of hydrogen-bond donors (Lipinski definition) is 2. The molecule has 2 amide bonds. The van der Waals surface area contributed by atoms with Gasteiger partial charge in [-0.15, -0.1) is 0 Å². The molecule has 0 saturated heterocycles. The number of nitrogens with one attached hydrogen (secondary N) is 2. The topological polar surface area (TPSA) is 76.7 Å². The molecule has 0 aliphatic heterocycles. The first kappa shape index (κ1) is 19.6. The van der Waals surface area contributed by atoms with E-state index in [1.165, 1.54) is 7.11 Å². The van der Waals surface area contributed by atoms with E-state index >= 15 is 0 Å². The standard InChI is InChI=1S/C19H21ClN2O4/c1-12-8-9-17(25-3)15(10-12)22-18(23)11-21-19(24)13(2)26-16-7-5-4-6-14(16)20/h4-10,13H,11H2,1-3H3,(H,21,24)(H,22,23). The van der Waals surface area contributed by atoms with E-state index < -0.39 is 12.0 Å². The van der Waals surface area contributed by atoms with Crippen LogP contribution >= 0.6 is 11.6 Å². The molecule has 2 aromatic rings. The van der Waals surface area contributed by atoms with Crippen LogP contribution in [0.25, 0.3) is 0 Å². The van der Waals surface area contributed by atoms with Gasteiger partial charge >= 0.3 is 0 Å². The van der Waals surface area contributed by atoms with Gasteiger partial charge in [0.1, 0.15) is 11.5 Å². The first-order valence-corrected chi connectivity index (χ1v) is 8.42. The van der Waals surface area contributed by atoms with E-state index in [1.807, 2.05) is 13.0 Å². The zero-order valence-electron chi connectivity index (χ0n) is 14.8. The van der Waals surface area contributed by atoms with Gasteiger partial charge in [-0.1, -0.05) is 29.8 Å². The third kappa shape index (κ3) is 5.39. The molecule has 1 atom stereocenters. The van der Waals surface area contributed by atoms with Crippen LogP contribution in [0.1, 0.15) is 12.5 Å². The number of carbonyl (C=O) groups is 2. The summed E-state index contributed by atoms with van der Waals surface area (Å²) in [5.74, 6) is 0.167. The third-order valence-electron chi connectivity index (χ3n) is 3.56. The lowest BCUT2D eigenvalue weighted by atomic mass is 10.2. The van der Waals surface area contributed by atoms with E-state index in [2.05, 4.69) is 10.6 Å². The number of halogens is 1. The van der Waals surface area contributed by atoms with E-state index in [1.54, 1.807) is 43.3 Å². The molecule has 6 nitrogen and oxygen atoms in total. The highest BCUT2D eigenvalue weighted by molar-refractivity contribution is 6.32. The third-order valence-corrected chi connectivity index (χ3v) is 3.87. The molecule has 0 bridgehead atoms. The van der Waals surface area contributed by atoms with Gasteiger partial charge in [0.05, 0.1) is 24.4 Å². The summed E-state index contributed by atoms with van der Waals surface area (Å²) in [6.07, 6.45) is -0.795. The number of ether oxygens (including phenoxy) is 2. The van der Waals surface area contributed by atoms with Gasteiger partial charge in [0, 0.05) is 0 Å². The Labute approximate surface area is 157 Å². The summed E-state index contributed by atoms with van der Waals surface area (Å²) in [6.45, 7) is 3.30. The van der Waals surface area contributed by atoms with Crippen molar-refractivity contribution in [2.24, 2.45) is 0 Å². The fourth-order valence-corrected chi connectivity index (χ4v) is 2.39. The summed E-state index contributed by atoms with van der Waals surface area (Å²) >= 11 is 6.00. The van der Waals surface area contributed by atoms with Crippen LogP contribution in [0.3, 0.4) is 0 Å². The van der Waals surface area contributed by atoms with Gasteiger partial charge in [0.25, 0.3) is 5.91 Å². The van der Waals surface area contributed by atoms with Crippen LogP contribution in [0.5, 0.6) is 11.5 Å². The molecule has 0 saturated carbocycles. The highest BCUT2D eigenvalue weighted by atomic mass is 35.5. The average molecular weight is 377 g/mol. The van der Waals surface area contributed by atoms with E-state index in [4.69, 9.17) is 21.1 Å². The van der Waals surface area contributed by atoms with Crippen molar-refractivity contribution in [3.63, 3.8) is 0 Å². The Morgan fingerprint density at radius 1 is 1.15 bits per heavy atom. The number of carbonyl (C=O) groups excluding carboxylic acids is 2. The molecule has 138 valence electrons. The van der Waals surface area contributed by atoms with Crippen molar-refractivity contribution >= 4 is 29.1 Å². The molecule has 2 N–H and O–H groups in total. The number of amides is 2. The van der Waals surface area contributed by atoms with Crippen LogP contribution in [0.4, 0.5) is 5.69 Å². The number of rotatable bonds is 7. The quantitative estimate of drug-likeness (QED) is 0.778. The minimum atomic E-state index is -0.795. The van der Waals surface area contributed by atoms with Crippen LogP contribution in [-0.2, 0) is 9.59 Å². The Hall–Kier alpha value is -2.73. The Balaban J connectivity index is 1.88. The normalized spacial score (nSPS) is 11.4. The fourth-order valence-electron chi connectivity index (χ4n) is 2.21. The van der Waals surface area contributed by atoms with Crippen molar-refractivity contribution in [2.45, 2.75) is 20.0 Å². The van der Waals surface area contributed by atoms with Gasteiger partial charge in [-0.25, -0.2) is 0 Å². The van der Waals surface area contributed by atoms with Crippen LogP contribution in [0.15, 0.2) is 42.5 Å². The van der Waals surface area contributed by atoms with Crippen LogP contribution < -0.4 is 20.1 Å². The Kier molecular flexibility index (Phi) is 6.86. The van der Waals surface area contributed by atoms with E-state index in [0.29, 0.717) is 22.2 Å². The monoisotopic (exact) mass is 376 g/mol. The molecular weight excluding hydrogens is 356 g/mol. The predicted octanol–water partition coefficient (Wildman–Crippen LogP) is 3.18. The fraction of sp³-hybridized carbons (Fsp3) is 0.263. The van der Waals surface area contributed by atoms with Crippen molar-refractivity contribution in [3.8, 4) is 11.5 Å². The van der Waals surface area contributed by atoms with Crippen molar-refractivity contribution in [1.29, 1.82) is 0 Å². The first-order chi connectivity index (χ1) is 12.4. The number of methoxy groups -OCH3 is 1. The number of hydrogen-bond acceptors (Lipinski definition) is 4. The number of para-hydroxylation sites is 1. The summed E-state index contributed by atoms with van der Waals surface area (Å²) in [5.41, 5.74) is 1.53. The zero-order chi connectivity index (χ0) is 19.1. The van der Waals surface area contributed by atoms with E-state index in [0.717, 1.165) is 5.56 Å². The van der Waals surface area contributed by atoms with Gasteiger partial charge in [-0.3, -0.25) is 9.59 Å². The first-order valence-electron chi connectivity index (χ1n) is 8.04. The lowest BCUT2D eigenvalue weighted by Crippen LogP contribution is -2.40. The average Bonchev–Trinajstić information content (AvgIpc) is 2.61. The Bertz CT molecular complexity index is 795. The maximum atomic E-state index is 12.1. The van der Waals surface area contributed by atoms with E-state index in [-0.39, 0.29) is 12.5 Å². The highest BCUT2D eigenvalue weighted by Gasteiger charge is 2.17. The van der Waals surface area contributed by atoms with Crippen molar-refractivity contribution in [2.75, 3.05) is 19.0 Å². The minimum absolute atomic E-state index is 0.188. The van der Waals surface area contributed by atoms with Crippen molar-refractivity contribution in [3.05, 3.63) is 53.1 Å². The highest BCUT2D eigenvalue weighted by Crippen LogP contribution is 2.25. The maximum Gasteiger partial charge on any atom is 0.261 e. The summed E-state index contributed by atoms with van der Waals surface area (Å²) in [5, 5.41) is 5.66. The molecule has 7 heteroatoms. The zero-order valence-corrected chi connectivity index (χ0v) is 15.6. The molecule has 0 radical (unpaired) electrons. The maximum absolute atomic E-state index is 12.1. The largest absolute Gasteiger partial charge is 0.495 e. The van der Waals surface area contributed by atoms with Gasteiger partial charge in [-0.2, -0.15) is 0 Å². The predicted molar refractivity (Wildman–Crippen MR) is 101 cm³/mol. The molecule has 2 aromatic carbocycles. The smallest absolute Gasteiger partial charge is 0.261 e. The molecule has 2 rings (SSSR count). The Morgan fingerprint density at radius 2 is 1.88 bits per heavy atom. The Morgan fingerprint density at radius 3 is 2.58 bits per heavy atom. The van der Waals surface area contributed by atoms with E-state index in [9.17, 15) is 9.59 Å². The molecule has 1 unspecified atom stereocenters. The molecule has 0 aliphatic carbocycles. The second-order valence-corrected chi connectivity index (χ2v) is 6.07. The SMILES string of the molecule is COc1ccc(C)cc1NC(=O)CNC(=O)C(C)Oc1ccccc1Cl. The molecule has 0 heterocycles. The summed E-state index contributed by atoms with van der Waals surface area (Å²) in [4.78, 5) is 24.2. The number of benzene rings is 2. The molecular formula is C19H21ClN2O4. The summed E-state index contributed by atoms with van der Waals surface area (Å²) in [6, 6.07) is 12.3. The second kappa shape index (κ2) is 9.10. The van der Waals surface area contributed by atoms with Crippen LogP contribution in [0.2, 0.25) is 5.02 Å². The molecule has 0 aliphatic rings. The van der Waals surface area contributed by atoms with Crippen molar-refractivity contribution < 1.29 is 19.1 Å². The van der Waals surface area contributed by atoms with Crippen molar-refractivity contribution in [1.82, 2.24) is 5.32 Å². The second-order valence-electron chi connectivity index (χ2n) is 5.66. The molecule has 26 heavy (non-hydrogen) atoms. The summed E-state index contributed by atoms with van der Waals surface area (Å²) < 4.78 is 10.7. The van der Waals surface area contributed by atoms with Gasteiger partial charge in [-0.05, 0) is 43.7 Å². The summed E-state index contributed by atoms with van der Waals surface area (Å²) in [7, 11) is 1.52. The van der Waals surface area contributed by atoms with Crippen LogP contribution in [-0.4, -0.2) is 31.6 Å². The van der Waals surface area contributed by atoms with Gasteiger partial charge < -0.3 is 20.1 Å². The molecule has 0 fully saturated rings. The van der Waals surface area contributed by atoms with Gasteiger partial charge in [0.15, 0.2) is 6.10 Å². The van der Waals surface area contributed by atoms with Gasteiger partial charge in [0.2, 0.25) is 5.91 Å².